The molecule has 2 N–H and O–H groups in total. The van der Waals surface area contributed by atoms with Gasteiger partial charge in [0.15, 0.2) is 0 Å². The van der Waals surface area contributed by atoms with Crippen LogP contribution in [0.2, 0.25) is 0 Å². The van der Waals surface area contributed by atoms with Crippen LogP contribution in [0, 0.1) is 0 Å². The highest BCUT2D eigenvalue weighted by Crippen LogP contribution is 2.21. The minimum atomic E-state index is 0.298. The molecule has 0 amide bonds. The standard InChI is InChI=1S/C16H25NO3/c1-12-9-16(10-13(2)20-12)19-8-4-7-18-15-6-3-5-14(17)11-15/h3,5-6,11-13,16H,4,7-10,17H2,1-2H3. The van der Waals surface area contributed by atoms with E-state index in [2.05, 4.69) is 13.8 Å². The Bertz CT molecular complexity index is 400. The van der Waals surface area contributed by atoms with Crippen LogP contribution in [0.25, 0.3) is 0 Å². The molecule has 1 aromatic rings. The molecule has 1 saturated heterocycles. The molecule has 1 aliphatic heterocycles. The lowest BCUT2D eigenvalue weighted by atomic mass is 10.0. The maximum atomic E-state index is 5.90. The molecule has 0 spiro atoms. The van der Waals surface area contributed by atoms with Crippen molar-refractivity contribution >= 4 is 5.69 Å². The van der Waals surface area contributed by atoms with Crippen molar-refractivity contribution in [2.24, 2.45) is 0 Å². The van der Waals surface area contributed by atoms with Gasteiger partial charge in [-0.05, 0) is 38.8 Å². The third-order valence-electron chi connectivity index (χ3n) is 3.42. The van der Waals surface area contributed by atoms with E-state index in [1.54, 1.807) is 0 Å². The Balaban J connectivity index is 1.59. The third kappa shape index (κ3) is 5.02. The van der Waals surface area contributed by atoms with Crippen LogP contribution in [-0.2, 0) is 9.47 Å². The fraction of sp³-hybridized carbons (Fsp3) is 0.625. The molecule has 4 nitrogen and oxygen atoms in total. The molecular formula is C16H25NO3. The summed E-state index contributed by atoms with van der Waals surface area (Å²) in [5, 5.41) is 0. The third-order valence-corrected chi connectivity index (χ3v) is 3.42. The molecule has 2 atom stereocenters. The molecule has 112 valence electrons. The van der Waals surface area contributed by atoms with Crippen molar-refractivity contribution in [3.8, 4) is 5.75 Å². The molecule has 0 aromatic heterocycles. The van der Waals surface area contributed by atoms with Crippen LogP contribution in [0.5, 0.6) is 5.75 Å². The average Bonchev–Trinajstić information content (AvgIpc) is 2.37. The van der Waals surface area contributed by atoms with E-state index < -0.39 is 0 Å². The lowest BCUT2D eigenvalue weighted by Crippen LogP contribution is -2.34. The Kier molecular flexibility index (Phi) is 5.68. The number of hydrogen-bond donors (Lipinski definition) is 1. The highest BCUT2D eigenvalue weighted by atomic mass is 16.5. The Labute approximate surface area is 121 Å². The van der Waals surface area contributed by atoms with E-state index in [1.807, 2.05) is 24.3 Å². The predicted octanol–water partition coefficient (Wildman–Crippen LogP) is 3.01. The van der Waals surface area contributed by atoms with Gasteiger partial charge in [0.1, 0.15) is 5.75 Å². The van der Waals surface area contributed by atoms with Gasteiger partial charge in [-0.3, -0.25) is 0 Å². The largest absolute Gasteiger partial charge is 0.493 e. The first-order valence-corrected chi connectivity index (χ1v) is 7.39. The van der Waals surface area contributed by atoms with E-state index in [0.717, 1.165) is 37.3 Å². The van der Waals surface area contributed by atoms with Gasteiger partial charge in [0.2, 0.25) is 0 Å². The molecule has 2 unspecified atom stereocenters. The number of nitrogens with two attached hydrogens (primary N) is 1. The lowest BCUT2D eigenvalue weighted by Gasteiger charge is -2.32. The predicted molar refractivity (Wildman–Crippen MR) is 79.9 cm³/mol. The van der Waals surface area contributed by atoms with Crippen molar-refractivity contribution in [2.75, 3.05) is 18.9 Å². The fourth-order valence-electron chi connectivity index (χ4n) is 2.58. The van der Waals surface area contributed by atoms with Crippen LogP contribution in [0.1, 0.15) is 33.1 Å². The van der Waals surface area contributed by atoms with Crippen molar-refractivity contribution in [2.45, 2.75) is 51.4 Å². The number of ether oxygens (including phenoxy) is 3. The SMILES string of the molecule is CC1CC(OCCCOc2cccc(N)c2)CC(C)O1. The Hall–Kier alpha value is -1.26. The molecule has 0 radical (unpaired) electrons. The van der Waals surface area contributed by atoms with Gasteiger partial charge in [-0.2, -0.15) is 0 Å². The molecule has 4 heteroatoms. The first-order chi connectivity index (χ1) is 9.63. The molecule has 1 aliphatic rings. The van der Waals surface area contributed by atoms with Gasteiger partial charge in [0, 0.05) is 18.2 Å². The lowest BCUT2D eigenvalue weighted by molar-refractivity contribution is -0.102. The first-order valence-electron chi connectivity index (χ1n) is 7.39. The van der Waals surface area contributed by atoms with E-state index in [0.29, 0.717) is 24.9 Å². The molecule has 0 aliphatic carbocycles. The maximum Gasteiger partial charge on any atom is 0.121 e. The fourth-order valence-corrected chi connectivity index (χ4v) is 2.58. The minimum absolute atomic E-state index is 0.298. The molecule has 0 saturated carbocycles. The van der Waals surface area contributed by atoms with E-state index in [-0.39, 0.29) is 0 Å². The van der Waals surface area contributed by atoms with Crippen LogP contribution in [0.15, 0.2) is 24.3 Å². The van der Waals surface area contributed by atoms with Gasteiger partial charge in [-0.15, -0.1) is 0 Å². The van der Waals surface area contributed by atoms with E-state index in [9.17, 15) is 0 Å². The molecule has 1 aromatic carbocycles. The summed E-state index contributed by atoms with van der Waals surface area (Å²) in [6.07, 6.45) is 3.77. The first kappa shape index (κ1) is 15.1. The van der Waals surface area contributed by atoms with Gasteiger partial charge in [-0.1, -0.05) is 6.07 Å². The Morgan fingerprint density at radius 2 is 1.95 bits per heavy atom. The molecule has 20 heavy (non-hydrogen) atoms. The highest BCUT2D eigenvalue weighted by Gasteiger charge is 2.24. The van der Waals surface area contributed by atoms with Crippen molar-refractivity contribution in [1.29, 1.82) is 0 Å². The minimum Gasteiger partial charge on any atom is -0.493 e. The van der Waals surface area contributed by atoms with Gasteiger partial charge >= 0.3 is 0 Å². The normalized spacial score (nSPS) is 26.4. The molecular weight excluding hydrogens is 254 g/mol. The summed E-state index contributed by atoms with van der Waals surface area (Å²) in [5.41, 5.74) is 6.42. The van der Waals surface area contributed by atoms with Crippen LogP contribution >= 0.6 is 0 Å². The monoisotopic (exact) mass is 279 g/mol. The zero-order valence-corrected chi connectivity index (χ0v) is 12.4. The van der Waals surface area contributed by atoms with Crippen LogP contribution in [-0.4, -0.2) is 31.5 Å². The number of nitrogen functional groups attached to an aromatic ring is 1. The average molecular weight is 279 g/mol. The summed E-state index contributed by atoms with van der Waals surface area (Å²) in [6.45, 7) is 5.59. The topological polar surface area (TPSA) is 53.7 Å². The summed E-state index contributed by atoms with van der Waals surface area (Å²) < 4.78 is 17.2. The van der Waals surface area contributed by atoms with Crippen molar-refractivity contribution in [3.05, 3.63) is 24.3 Å². The summed E-state index contributed by atoms with van der Waals surface area (Å²) in [6, 6.07) is 7.50. The van der Waals surface area contributed by atoms with Crippen LogP contribution < -0.4 is 10.5 Å². The number of benzene rings is 1. The second-order valence-corrected chi connectivity index (χ2v) is 5.50. The molecule has 0 bridgehead atoms. The Morgan fingerprint density at radius 3 is 2.65 bits per heavy atom. The summed E-state index contributed by atoms with van der Waals surface area (Å²) in [5.74, 6) is 0.818. The molecule has 2 rings (SSSR count). The number of hydrogen-bond acceptors (Lipinski definition) is 4. The van der Waals surface area contributed by atoms with Crippen molar-refractivity contribution in [3.63, 3.8) is 0 Å². The van der Waals surface area contributed by atoms with E-state index in [4.69, 9.17) is 19.9 Å². The van der Waals surface area contributed by atoms with Crippen LogP contribution in [0.3, 0.4) is 0 Å². The molecule has 1 heterocycles. The van der Waals surface area contributed by atoms with Gasteiger partial charge in [0.25, 0.3) is 0 Å². The zero-order valence-electron chi connectivity index (χ0n) is 12.4. The summed E-state index contributed by atoms with van der Waals surface area (Å²) in [4.78, 5) is 0. The van der Waals surface area contributed by atoms with E-state index >= 15 is 0 Å². The summed E-state index contributed by atoms with van der Waals surface area (Å²) in [7, 11) is 0. The van der Waals surface area contributed by atoms with Gasteiger partial charge < -0.3 is 19.9 Å². The number of rotatable bonds is 6. The smallest absolute Gasteiger partial charge is 0.121 e. The van der Waals surface area contributed by atoms with E-state index in [1.165, 1.54) is 0 Å². The highest BCUT2D eigenvalue weighted by molar-refractivity contribution is 5.43. The second-order valence-electron chi connectivity index (χ2n) is 5.50. The summed E-state index contributed by atoms with van der Waals surface area (Å²) >= 11 is 0. The second kappa shape index (κ2) is 7.50. The van der Waals surface area contributed by atoms with Crippen molar-refractivity contribution < 1.29 is 14.2 Å². The quantitative estimate of drug-likeness (QED) is 0.642. The Morgan fingerprint density at radius 1 is 1.20 bits per heavy atom. The van der Waals surface area contributed by atoms with Gasteiger partial charge in [-0.25, -0.2) is 0 Å². The van der Waals surface area contributed by atoms with Crippen LogP contribution in [0.4, 0.5) is 5.69 Å². The maximum absolute atomic E-state index is 5.90. The zero-order chi connectivity index (χ0) is 14.4. The number of anilines is 1. The molecule has 1 fully saturated rings. The van der Waals surface area contributed by atoms with Crippen molar-refractivity contribution in [1.82, 2.24) is 0 Å². The van der Waals surface area contributed by atoms with Gasteiger partial charge in [0.05, 0.1) is 31.5 Å².